The molecule has 48 heavy (non-hydrogen) atoms. The van der Waals surface area contributed by atoms with Gasteiger partial charge in [0.2, 0.25) is 0 Å². The third kappa shape index (κ3) is 5.19. The average molecular weight is 663 g/mol. The predicted octanol–water partition coefficient (Wildman–Crippen LogP) is 8.10. The van der Waals surface area contributed by atoms with Crippen LogP contribution in [-0.4, -0.2) is 43.3 Å². The second kappa shape index (κ2) is 12.3. The summed E-state index contributed by atoms with van der Waals surface area (Å²) < 4.78 is 24.8. The van der Waals surface area contributed by atoms with E-state index in [4.69, 9.17) is 18.9 Å². The molecule has 1 aromatic rings. The molecule has 1 aromatic carbocycles. The lowest BCUT2D eigenvalue weighted by molar-refractivity contribution is -0.262. The van der Waals surface area contributed by atoms with Gasteiger partial charge in [0.25, 0.3) is 0 Å². The highest BCUT2D eigenvalue weighted by Gasteiger charge is 2.72. The van der Waals surface area contributed by atoms with E-state index in [9.17, 15) is 14.4 Å². The normalized spacial score (nSPS) is 42.3. The van der Waals surface area contributed by atoms with E-state index in [1.807, 2.05) is 30.3 Å². The number of benzene rings is 1. The van der Waals surface area contributed by atoms with Crippen molar-refractivity contribution in [3.05, 3.63) is 47.5 Å². The van der Waals surface area contributed by atoms with Crippen molar-refractivity contribution in [1.29, 1.82) is 0 Å². The van der Waals surface area contributed by atoms with E-state index in [1.165, 1.54) is 19.4 Å². The van der Waals surface area contributed by atoms with Gasteiger partial charge in [0.1, 0.15) is 18.8 Å². The highest BCUT2D eigenvalue weighted by Crippen LogP contribution is 2.75. The van der Waals surface area contributed by atoms with Crippen molar-refractivity contribution in [2.45, 2.75) is 120 Å². The molecule has 1 heterocycles. The van der Waals surface area contributed by atoms with Crippen molar-refractivity contribution < 1.29 is 33.3 Å². The summed E-state index contributed by atoms with van der Waals surface area (Å²) in [7, 11) is 0. The molecule has 0 amide bonds. The topological polar surface area (TPSA) is 88.1 Å². The Kier molecular flexibility index (Phi) is 9.00. The molecule has 1 saturated heterocycles. The van der Waals surface area contributed by atoms with E-state index in [0.717, 1.165) is 37.7 Å². The van der Waals surface area contributed by atoms with Crippen LogP contribution < -0.4 is 0 Å². The Labute approximate surface area is 287 Å². The van der Waals surface area contributed by atoms with Gasteiger partial charge < -0.3 is 18.9 Å². The standard InChI is InChI=1S/C41H58O7/c1-25(2)26(3)37(6)19-20-39(8)30-15-16-33-38(7)23-45-24-41(33,21-32(47-27(4)42)35(38)48-28(5)43)31(30)17-18-40(39,9)34(37)36(44)46-22-29-13-11-10-12-14-29/h10-14,17,25-26,30,32-35H,15-16,18-24H2,1-9H3/t26-,30+,32-,33+,34-,35?,37-,38?,39-,40+,41+/m1/s1. The minimum Gasteiger partial charge on any atom is -0.461 e. The largest absolute Gasteiger partial charge is 0.461 e. The van der Waals surface area contributed by atoms with E-state index in [1.54, 1.807) is 0 Å². The molecule has 6 rings (SSSR count). The maximum absolute atomic E-state index is 14.6. The Bertz CT molecular complexity index is 1450. The lowest BCUT2D eigenvalue weighted by Gasteiger charge is -2.71. The minimum absolute atomic E-state index is 0.0728. The van der Waals surface area contributed by atoms with Crippen LogP contribution in [0, 0.1) is 56.7 Å². The third-order valence-corrected chi connectivity index (χ3v) is 14.9. The monoisotopic (exact) mass is 662 g/mol. The fourth-order valence-electron chi connectivity index (χ4n) is 12.1. The molecular weight excluding hydrogens is 604 g/mol. The molecule has 0 N–H and O–H groups in total. The predicted molar refractivity (Wildman–Crippen MR) is 183 cm³/mol. The second-order valence-electron chi connectivity index (χ2n) is 17.5. The molecule has 0 radical (unpaired) electrons. The molecular formula is C41H58O7. The second-order valence-corrected chi connectivity index (χ2v) is 17.5. The number of ether oxygens (including phenoxy) is 4. The van der Waals surface area contributed by atoms with Gasteiger partial charge in [0.05, 0.1) is 19.1 Å². The van der Waals surface area contributed by atoms with Crippen LogP contribution in [0.2, 0.25) is 0 Å². The van der Waals surface area contributed by atoms with Gasteiger partial charge in [-0.25, -0.2) is 0 Å². The summed E-state index contributed by atoms with van der Waals surface area (Å²) in [6, 6.07) is 9.99. The summed E-state index contributed by atoms with van der Waals surface area (Å²) in [5, 5.41) is 0. The van der Waals surface area contributed by atoms with Crippen LogP contribution in [0.4, 0.5) is 0 Å². The Balaban J connectivity index is 1.42. The summed E-state index contributed by atoms with van der Waals surface area (Å²) in [6.45, 7) is 20.4. The van der Waals surface area contributed by atoms with Gasteiger partial charge in [0.15, 0.2) is 0 Å². The molecule has 3 saturated carbocycles. The number of hydrogen-bond donors (Lipinski definition) is 0. The number of rotatable bonds is 7. The zero-order valence-electron chi connectivity index (χ0n) is 30.7. The summed E-state index contributed by atoms with van der Waals surface area (Å²) in [6.07, 6.45) is 6.69. The van der Waals surface area contributed by atoms with Crippen LogP contribution in [0.25, 0.3) is 0 Å². The van der Waals surface area contributed by atoms with Gasteiger partial charge in [-0.1, -0.05) is 90.4 Å². The van der Waals surface area contributed by atoms with Crippen molar-refractivity contribution in [1.82, 2.24) is 0 Å². The molecule has 5 aliphatic rings. The number of hydrogen-bond acceptors (Lipinski definition) is 7. The minimum atomic E-state index is -0.560. The molecule has 2 unspecified atom stereocenters. The summed E-state index contributed by atoms with van der Waals surface area (Å²) in [5.41, 5.74) is 0.914. The molecule has 1 aliphatic heterocycles. The van der Waals surface area contributed by atoms with Gasteiger partial charge >= 0.3 is 17.9 Å². The molecule has 264 valence electrons. The molecule has 4 fully saturated rings. The number of carbonyl (C=O) groups excluding carboxylic acids is 3. The lowest BCUT2D eigenvalue weighted by Crippen LogP contribution is -2.70. The molecule has 0 spiro atoms. The van der Waals surface area contributed by atoms with Crippen molar-refractivity contribution in [3.8, 4) is 0 Å². The van der Waals surface area contributed by atoms with Crippen molar-refractivity contribution in [3.63, 3.8) is 0 Å². The van der Waals surface area contributed by atoms with Crippen LogP contribution in [-0.2, 0) is 39.9 Å². The zero-order chi connectivity index (χ0) is 34.9. The molecule has 4 aliphatic carbocycles. The van der Waals surface area contributed by atoms with E-state index in [0.29, 0.717) is 31.5 Å². The van der Waals surface area contributed by atoms with Crippen LogP contribution in [0.3, 0.4) is 0 Å². The van der Waals surface area contributed by atoms with Gasteiger partial charge in [-0.05, 0) is 84.0 Å². The first-order chi connectivity index (χ1) is 22.5. The quantitative estimate of drug-likeness (QED) is 0.166. The van der Waals surface area contributed by atoms with E-state index in [-0.39, 0.29) is 63.9 Å². The molecule has 11 atom stereocenters. The maximum Gasteiger partial charge on any atom is 0.310 e. The fraction of sp³-hybridized carbons (Fsp3) is 0.732. The Morgan fingerprint density at radius 2 is 1.58 bits per heavy atom. The molecule has 2 bridgehead atoms. The highest BCUT2D eigenvalue weighted by molar-refractivity contribution is 5.75. The average Bonchev–Trinajstić information content (AvgIpc) is 3.02. The smallest absolute Gasteiger partial charge is 0.310 e. The van der Waals surface area contributed by atoms with Gasteiger partial charge in [0, 0.05) is 24.7 Å². The molecule has 7 heteroatoms. The number of fused-ring (bicyclic) bond motifs is 3. The first kappa shape index (κ1) is 35.2. The lowest BCUT2D eigenvalue weighted by atomic mass is 9.34. The van der Waals surface area contributed by atoms with E-state index >= 15 is 0 Å². The summed E-state index contributed by atoms with van der Waals surface area (Å²) in [4.78, 5) is 39.4. The van der Waals surface area contributed by atoms with Crippen LogP contribution in [0.5, 0.6) is 0 Å². The Hall–Kier alpha value is -2.67. The van der Waals surface area contributed by atoms with Gasteiger partial charge in [-0.15, -0.1) is 0 Å². The Morgan fingerprint density at radius 1 is 0.896 bits per heavy atom. The van der Waals surface area contributed by atoms with E-state index < -0.39 is 17.6 Å². The third-order valence-electron chi connectivity index (χ3n) is 14.9. The van der Waals surface area contributed by atoms with Gasteiger partial charge in [-0.3, -0.25) is 14.4 Å². The highest BCUT2D eigenvalue weighted by atomic mass is 16.6. The molecule has 0 aromatic heterocycles. The SMILES string of the molecule is CC(=O)OC1[C@H](OC(C)=O)C[C@@]23COCC1(C)[C@@H]2CC[C@H]1C3=CC[C@@]2(C)[C@H](C(=O)OCc3ccccc3)[C@@](C)([C@H](C)C(C)C)CC[C@]12C. The summed E-state index contributed by atoms with van der Waals surface area (Å²) >= 11 is 0. The number of esters is 3. The van der Waals surface area contributed by atoms with Crippen LogP contribution >= 0.6 is 0 Å². The van der Waals surface area contributed by atoms with Crippen molar-refractivity contribution in [2.24, 2.45) is 56.7 Å². The summed E-state index contributed by atoms with van der Waals surface area (Å²) in [5.74, 6) is 0.186. The molecule has 7 nitrogen and oxygen atoms in total. The first-order valence-corrected chi connectivity index (χ1v) is 18.4. The zero-order valence-corrected chi connectivity index (χ0v) is 30.7. The fourth-order valence-corrected chi connectivity index (χ4v) is 12.1. The maximum atomic E-state index is 14.6. The first-order valence-electron chi connectivity index (χ1n) is 18.4. The van der Waals surface area contributed by atoms with Crippen molar-refractivity contribution >= 4 is 17.9 Å². The van der Waals surface area contributed by atoms with Crippen LogP contribution in [0.1, 0.15) is 106 Å². The van der Waals surface area contributed by atoms with E-state index in [2.05, 4.69) is 54.5 Å². The number of allylic oxidation sites excluding steroid dienone is 1. The van der Waals surface area contributed by atoms with Crippen molar-refractivity contribution in [2.75, 3.05) is 13.2 Å². The number of carbonyl (C=O) groups is 3. The van der Waals surface area contributed by atoms with Gasteiger partial charge in [-0.2, -0.15) is 0 Å². The Morgan fingerprint density at radius 3 is 2.23 bits per heavy atom. The van der Waals surface area contributed by atoms with Crippen LogP contribution in [0.15, 0.2) is 42.0 Å².